The van der Waals surface area contributed by atoms with Gasteiger partial charge in [-0.05, 0) is 60.4 Å². The second-order valence-electron chi connectivity index (χ2n) is 7.77. The van der Waals surface area contributed by atoms with E-state index in [1.165, 1.54) is 12.1 Å². The highest BCUT2D eigenvalue weighted by molar-refractivity contribution is 5.89. The monoisotopic (exact) mass is 419 g/mol. The Morgan fingerprint density at radius 3 is 2.61 bits per heavy atom. The van der Waals surface area contributed by atoms with Crippen molar-refractivity contribution in [2.45, 2.75) is 25.5 Å². The fourth-order valence-corrected chi connectivity index (χ4v) is 4.06. The number of fused-ring (bicyclic) bond motifs is 1. The Morgan fingerprint density at radius 1 is 1.03 bits per heavy atom. The molecule has 31 heavy (non-hydrogen) atoms. The van der Waals surface area contributed by atoms with Crippen molar-refractivity contribution >= 4 is 5.91 Å². The van der Waals surface area contributed by atoms with Gasteiger partial charge in [0.05, 0.1) is 0 Å². The minimum absolute atomic E-state index is 0.0620. The lowest BCUT2D eigenvalue weighted by Crippen LogP contribution is -2.61. The molecule has 5 rings (SSSR count). The maximum Gasteiger partial charge on any atom is 0.266 e. The van der Waals surface area contributed by atoms with Crippen LogP contribution in [0.25, 0.3) is 0 Å². The van der Waals surface area contributed by atoms with Crippen LogP contribution in [0.5, 0.6) is 17.2 Å². The number of ether oxygens (including phenoxy) is 3. The summed E-state index contributed by atoms with van der Waals surface area (Å²) in [6.45, 7) is 2.66. The molecule has 1 fully saturated rings. The van der Waals surface area contributed by atoms with Gasteiger partial charge in [-0.1, -0.05) is 36.4 Å². The maximum absolute atomic E-state index is 13.2. The molecule has 3 aromatic carbocycles. The Labute approximate surface area is 180 Å². The van der Waals surface area contributed by atoms with Crippen molar-refractivity contribution < 1.29 is 23.4 Å². The Balaban J connectivity index is 1.40. The molecular weight excluding hydrogens is 397 g/mol. The number of β-lactam (4-membered cyclic amide) rings is 1. The second-order valence-corrected chi connectivity index (χ2v) is 7.77. The van der Waals surface area contributed by atoms with Crippen molar-refractivity contribution in [1.82, 2.24) is 4.90 Å². The van der Waals surface area contributed by atoms with Crippen molar-refractivity contribution in [2.24, 2.45) is 0 Å². The predicted octanol–water partition coefficient (Wildman–Crippen LogP) is 4.44. The van der Waals surface area contributed by atoms with E-state index in [2.05, 4.69) is 0 Å². The van der Waals surface area contributed by atoms with E-state index in [0.717, 1.165) is 16.7 Å². The zero-order valence-electron chi connectivity index (χ0n) is 17.1. The average Bonchev–Trinajstić information content (AvgIpc) is 3.25. The number of nitrogens with zero attached hydrogens (tertiary/aromatic N) is 1. The van der Waals surface area contributed by atoms with E-state index in [0.29, 0.717) is 30.2 Å². The van der Waals surface area contributed by atoms with Gasteiger partial charge in [0, 0.05) is 6.54 Å². The molecule has 0 aromatic heterocycles. The van der Waals surface area contributed by atoms with Gasteiger partial charge in [-0.2, -0.15) is 0 Å². The first-order valence-electron chi connectivity index (χ1n) is 10.3. The van der Waals surface area contributed by atoms with Gasteiger partial charge in [0.25, 0.3) is 5.91 Å². The molecule has 3 aromatic rings. The third kappa shape index (κ3) is 3.69. The van der Waals surface area contributed by atoms with Crippen LogP contribution in [0.2, 0.25) is 0 Å². The zero-order chi connectivity index (χ0) is 21.4. The fourth-order valence-electron chi connectivity index (χ4n) is 4.06. The van der Waals surface area contributed by atoms with Gasteiger partial charge in [0.15, 0.2) is 11.5 Å². The third-order valence-corrected chi connectivity index (χ3v) is 5.79. The first kappa shape index (κ1) is 19.4. The second kappa shape index (κ2) is 7.95. The van der Waals surface area contributed by atoms with E-state index in [1.807, 2.05) is 54.3 Å². The van der Waals surface area contributed by atoms with Crippen molar-refractivity contribution in [2.75, 3.05) is 13.3 Å². The minimum Gasteiger partial charge on any atom is -0.478 e. The number of likely N-dealkylation sites (tertiary alicyclic amines) is 1. The molecule has 0 spiro atoms. The van der Waals surface area contributed by atoms with Gasteiger partial charge in [0.2, 0.25) is 12.9 Å². The lowest BCUT2D eigenvalue weighted by molar-refractivity contribution is -0.164. The minimum atomic E-state index is -0.616. The SMILES string of the molecule is Cc1ccccc1O[C@@H]1C(=O)N(CCc2ccc(F)cc2)[C@@H]1c1ccc2c(c1)OCO2. The highest BCUT2D eigenvalue weighted by Gasteiger charge is 2.50. The van der Waals surface area contributed by atoms with Gasteiger partial charge in [-0.15, -0.1) is 0 Å². The summed E-state index contributed by atoms with van der Waals surface area (Å²) in [5, 5.41) is 0. The van der Waals surface area contributed by atoms with Gasteiger partial charge in [-0.25, -0.2) is 4.39 Å². The first-order chi connectivity index (χ1) is 15.1. The number of hydrogen-bond acceptors (Lipinski definition) is 4. The Morgan fingerprint density at radius 2 is 1.81 bits per heavy atom. The fraction of sp³-hybridized carbons (Fsp3) is 0.240. The van der Waals surface area contributed by atoms with Crippen molar-refractivity contribution in [3.63, 3.8) is 0 Å². The largest absolute Gasteiger partial charge is 0.478 e. The number of hydrogen-bond donors (Lipinski definition) is 0. The molecule has 1 amide bonds. The Hall–Kier alpha value is -3.54. The number of halogens is 1. The number of amides is 1. The molecule has 2 aliphatic heterocycles. The highest BCUT2D eigenvalue weighted by Crippen LogP contribution is 2.42. The molecule has 0 radical (unpaired) electrons. The summed E-state index contributed by atoms with van der Waals surface area (Å²) < 4.78 is 30.3. The topological polar surface area (TPSA) is 48.0 Å². The third-order valence-electron chi connectivity index (χ3n) is 5.79. The highest BCUT2D eigenvalue weighted by atomic mass is 19.1. The van der Waals surface area contributed by atoms with E-state index in [-0.39, 0.29) is 24.6 Å². The van der Waals surface area contributed by atoms with Crippen LogP contribution in [0.4, 0.5) is 4.39 Å². The van der Waals surface area contributed by atoms with Crippen LogP contribution < -0.4 is 14.2 Å². The predicted molar refractivity (Wildman–Crippen MR) is 113 cm³/mol. The molecule has 0 bridgehead atoms. The molecule has 2 atom stereocenters. The van der Waals surface area contributed by atoms with Crippen molar-refractivity contribution in [3.05, 3.63) is 89.2 Å². The lowest BCUT2D eigenvalue weighted by Gasteiger charge is -2.47. The van der Waals surface area contributed by atoms with Crippen LogP contribution >= 0.6 is 0 Å². The van der Waals surface area contributed by atoms with Gasteiger partial charge >= 0.3 is 0 Å². The van der Waals surface area contributed by atoms with Crippen LogP contribution in [-0.2, 0) is 11.2 Å². The average molecular weight is 419 g/mol. The first-order valence-corrected chi connectivity index (χ1v) is 10.3. The van der Waals surface area contributed by atoms with Crippen LogP contribution in [0.1, 0.15) is 22.7 Å². The van der Waals surface area contributed by atoms with E-state index in [1.54, 1.807) is 12.1 Å². The van der Waals surface area contributed by atoms with E-state index < -0.39 is 6.10 Å². The molecule has 0 saturated carbocycles. The van der Waals surface area contributed by atoms with Crippen LogP contribution in [0, 0.1) is 12.7 Å². The van der Waals surface area contributed by atoms with Gasteiger partial charge in [0.1, 0.15) is 17.6 Å². The summed E-state index contributed by atoms with van der Waals surface area (Å²) in [6, 6.07) is 19.5. The molecule has 6 heteroatoms. The molecule has 158 valence electrons. The summed E-state index contributed by atoms with van der Waals surface area (Å²) in [7, 11) is 0. The summed E-state index contributed by atoms with van der Waals surface area (Å²) in [5.41, 5.74) is 2.88. The van der Waals surface area contributed by atoms with Crippen LogP contribution in [0.15, 0.2) is 66.7 Å². The van der Waals surface area contributed by atoms with Gasteiger partial charge < -0.3 is 19.1 Å². The number of carbonyl (C=O) groups excluding carboxylic acids is 1. The van der Waals surface area contributed by atoms with Crippen molar-refractivity contribution in [1.29, 1.82) is 0 Å². The maximum atomic E-state index is 13.2. The summed E-state index contributed by atoms with van der Waals surface area (Å²) in [5.74, 6) is 1.74. The molecule has 2 heterocycles. The number of benzene rings is 3. The molecule has 1 saturated heterocycles. The normalized spacial score (nSPS) is 19.3. The Bertz CT molecular complexity index is 1110. The quantitative estimate of drug-likeness (QED) is 0.555. The van der Waals surface area contributed by atoms with E-state index in [9.17, 15) is 9.18 Å². The number of aryl methyl sites for hydroxylation is 1. The standard InChI is InChI=1S/C25H22FNO4/c1-16-4-2-3-5-20(16)31-24-23(18-8-11-21-22(14-18)30-15-29-21)27(25(24)28)13-12-17-6-9-19(26)10-7-17/h2-11,14,23-24H,12-13,15H2,1H3/t23-,24+/m1/s1. The van der Waals surface area contributed by atoms with E-state index >= 15 is 0 Å². The molecule has 2 aliphatic rings. The Kier molecular flexibility index (Phi) is 4.98. The molecule has 0 aliphatic carbocycles. The molecule has 5 nitrogen and oxygen atoms in total. The smallest absolute Gasteiger partial charge is 0.266 e. The van der Waals surface area contributed by atoms with E-state index in [4.69, 9.17) is 14.2 Å². The molecular formula is C25H22FNO4. The number of rotatable bonds is 6. The van der Waals surface area contributed by atoms with Crippen molar-refractivity contribution in [3.8, 4) is 17.2 Å². The lowest BCUT2D eigenvalue weighted by atomic mass is 9.89. The van der Waals surface area contributed by atoms with Gasteiger partial charge in [-0.3, -0.25) is 4.79 Å². The molecule has 0 N–H and O–H groups in total. The number of carbonyl (C=O) groups is 1. The summed E-state index contributed by atoms with van der Waals surface area (Å²) >= 11 is 0. The molecule has 0 unspecified atom stereocenters. The van der Waals surface area contributed by atoms with Crippen LogP contribution in [-0.4, -0.2) is 30.2 Å². The summed E-state index contributed by atoms with van der Waals surface area (Å²) in [6.07, 6.45) is 0.0131. The van der Waals surface area contributed by atoms with Crippen LogP contribution in [0.3, 0.4) is 0 Å². The number of para-hydroxylation sites is 1. The summed E-state index contributed by atoms with van der Waals surface area (Å²) in [4.78, 5) is 14.9. The zero-order valence-corrected chi connectivity index (χ0v) is 17.1.